The molecule has 2 rings (SSSR count). The maximum Gasteiger partial charge on any atom is 0.416 e. The molecule has 1 aliphatic heterocycles. The number of halogens is 3. The first-order chi connectivity index (χ1) is 9.79. The summed E-state index contributed by atoms with van der Waals surface area (Å²) in [7, 11) is 0. The number of nitrogens with two attached hydrogens (primary N) is 1. The summed E-state index contributed by atoms with van der Waals surface area (Å²) in [5.41, 5.74) is 4.59. The van der Waals surface area contributed by atoms with Crippen LogP contribution in [0.4, 0.5) is 18.9 Å². The Balaban J connectivity index is 2.07. The van der Waals surface area contributed by atoms with E-state index < -0.39 is 17.8 Å². The van der Waals surface area contributed by atoms with Crippen molar-refractivity contribution < 1.29 is 22.7 Å². The molecule has 4 nitrogen and oxygen atoms in total. The van der Waals surface area contributed by atoms with Crippen molar-refractivity contribution in [3.8, 4) is 5.75 Å². The van der Waals surface area contributed by atoms with Crippen LogP contribution < -0.4 is 10.5 Å². The molecule has 2 N–H and O–H groups in total. The number of likely N-dealkylation sites (tertiary alicyclic amines) is 1. The summed E-state index contributed by atoms with van der Waals surface area (Å²) < 4.78 is 43.0. The molecule has 0 spiro atoms. The Morgan fingerprint density at radius 1 is 1.33 bits per heavy atom. The van der Waals surface area contributed by atoms with Gasteiger partial charge in [0.1, 0.15) is 5.75 Å². The molecular weight excluding hydrogens is 285 g/mol. The number of nitrogen functional groups attached to an aromatic ring is 1. The molecule has 1 heterocycles. The number of ether oxygens (including phenoxy) is 1. The van der Waals surface area contributed by atoms with Gasteiger partial charge >= 0.3 is 6.18 Å². The molecular formula is C14H17F3N2O2. The lowest BCUT2D eigenvalue weighted by Crippen LogP contribution is -2.38. The molecule has 1 unspecified atom stereocenters. The van der Waals surface area contributed by atoms with Crippen LogP contribution in [0.3, 0.4) is 0 Å². The first-order valence-electron chi connectivity index (χ1n) is 6.71. The Kier molecular flexibility index (Phi) is 4.29. The van der Waals surface area contributed by atoms with Crippen LogP contribution in [-0.4, -0.2) is 30.0 Å². The molecule has 0 saturated carbocycles. The van der Waals surface area contributed by atoms with Gasteiger partial charge in [0, 0.05) is 13.1 Å². The van der Waals surface area contributed by atoms with Crippen molar-refractivity contribution in [1.82, 2.24) is 4.90 Å². The van der Waals surface area contributed by atoms with E-state index in [-0.39, 0.29) is 17.3 Å². The van der Waals surface area contributed by atoms with Crippen LogP contribution in [0.2, 0.25) is 0 Å². The van der Waals surface area contributed by atoms with Gasteiger partial charge in [0.25, 0.3) is 5.91 Å². The van der Waals surface area contributed by atoms with Gasteiger partial charge in [0.2, 0.25) is 0 Å². The fraction of sp³-hybridized carbons (Fsp3) is 0.500. The molecule has 7 heteroatoms. The van der Waals surface area contributed by atoms with Crippen LogP contribution in [0.25, 0.3) is 0 Å². The molecule has 1 atom stereocenters. The molecule has 1 aliphatic rings. The van der Waals surface area contributed by atoms with Gasteiger partial charge in [-0.1, -0.05) is 0 Å². The summed E-state index contributed by atoms with van der Waals surface area (Å²) in [6, 6.07) is 2.84. The number of anilines is 1. The standard InChI is InChI=1S/C14H17F3N2O2/c1-9(13(20)19-6-2-3-7-19)21-12-5-4-10(8-11(12)18)14(15,16)17/h4-5,8-9H,2-3,6-7,18H2,1H3. The molecule has 1 saturated heterocycles. The highest BCUT2D eigenvalue weighted by molar-refractivity contribution is 5.81. The van der Waals surface area contributed by atoms with Crippen LogP contribution in [0.5, 0.6) is 5.75 Å². The summed E-state index contributed by atoms with van der Waals surface area (Å²) in [6.07, 6.45) is -3.31. The van der Waals surface area contributed by atoms with E-state index in [1.54, 1.807) is 11.8 Å². The van der Waals surface area contributed by atoms with Gasteiger partial charge in [-0.25, -0.2) is 0 Å². The second-order valence-corrected chi connectivity index (χ2v) is 5.04. The Morgan fingerprint density at radius 2 is 1.95 bits per heavy atom. The van der Waals surface area contributed by atoms with Crippen molar-refractivity contribution in [2.24, 2.45) is 0 Å². The zero-order valence-corrected chi connectivity index (χ0v) is 11.6. The Bertz CT molecular complexity index is 525. The molecule has 1 aromatic rings. The minimum atomic E-state index is -4.45. The number of alkyl halides is 3. The van der Waals surface area contributed by atoms with E-state index in [4.69, 9.17) is 10.5 Å². The van der Waals surface area contributed by atoms with Gasteiger partial charge in [-0.05, 0) is 38.0 Å². The predicted octanol–water partition coefficient (Wildman–Crippen LogP) is 2.68. The fourth-order valence-electron chi connectivity index (χ4n) is 2.27. The minimum absolute atomic E-state index is 0.0862. The molecule has 21 heavy (non-hydrogen) atoms. The van der Waals surface area contributed by atoms with Gasteiger partial charge in [-0.15, -0.1) is 0 Å². The van der Waals surface area contributed by atoms with E-state index in [2.05, 4.69) is 0 Å². The van der Waals surface area contributed by atoms with Crippen molar-refractivity contribution in [2.45, 2.75) is 32.0 Å². The van der Waals surface area contributed by atoms with Crippen LogP contribution in [0, 0.1) is 0 Å². The third-order valence-corrected chi connectivity index (χ3v) is 3.41. The quantitative estimate of drug-likeness (QED) is 0.873. The van der Waals surface area contributed by atoms with E-state index in [0.29, 0.717) is 13.1 Å². The molecule has 0 aliphatic carbocycles. The maximum absolute atomic E-state index is 12.5. The van der Waals surface area contributed by atoms with Crippen LogP contribution in [0.1, 0.15) is 25.3 Å². The summed E-state index contributed by atoms with van der Waals surface area (Å²) >= 11 is 0. The summed E-state index contributed by atoms with van der Waals surface area (Å²) in [5, 5.41) is 0. The van der Waals surface area contributed by atoms with Crippen molar-refractivity contribution in [2.75, 3.05) is 18.8 Å². The van der Waals surface area contributed by atoms with Crippen molar-refractivity contribution >= 4 is 11.6 Å². The Hall–Kier alpha value is -1.92. The molecule has 0 bridgehead atoms. The number of nitrogens with zero attached hydrogens (tertiary/aromatic N) is 1. The highest BCUT2D eigenvalue weighted by Crippen LogP contribution is 2.34. The topological polar surface area (TPSA) is 55.6 Å². The SMILES string of the molecule is CC(Oc1ccc(C(F)(F)F)cc1N)C(=O)N1CCCC1. The number of carbonyl (C=O) groups excluding carboxylic acids is 1. The van der Waals surface area contributed by atoms with Crippen molar-refractivity contribution in [1.29, 1.82) is 0 Å². The van der Waals surface area contributed by atoms with Crippen LogP contribution in [-0.2, 0) is 11.0 Å². The maximum atomic E-state index is 12.5. The van der Waals surface area contributed by atoms with Gasteiger partial charge < -0.3 is 15.4 Å². The van der Waals surface area contributed by atoms with Gasteiger partial charge in [0.15, 0.2) is 6.10 Å². The largest absolute Gasteiger partial charge is 0.479 e. The lowest BCUT2D eigenvalue weighted by atomic mass is 10.2. The number of rotatable bonds is 3. The Morgan fingerprint density at radius 3 is 2.48 bits per heavy atom. The van der Waals surface area contributed by atoms with Gasteiger partial charge in [-0.3, -0.25) is 4.79 Å². The number of hydrogen-bond acceptors (Lipinski definition) is 3. The molecule has 0 radical (unpaired) electrons. The van der Waals surface area contributed by atoms with E-state index in [0.717, 1.165) is 31.0 Å². The molecule has 116 valence electrons. The summed E-state index contributed by atoms with van der Waals surface area (Å²) in [4.78, 5) is 13.8. The monoisotopic (exact) mass is 302 g/mol. The fourth-order valence-corrected chi connectivity index (χ4v) is 2.27. The number of benzene rings is 1. The van der Waals surface area contributed by atoms with Gasteiger partial charge in [-0.2, -0.15) is 13.2 Å². The molecule has 1 amide bonds. The molecule has 0 aromatic heterocycles. The number of amides is 1. The zero-order valence-electron chi connectivity index (χ0n) is 11.6. The normalized spacial score (nSPS) is 16.9. The highest BCUT2D eigenvalue weighted by Gasteiger charge is 2.31. The second-order valence-electron chi connectivity index (χ2n) is 5.04. The van der Waals surface area contributed by atoms with Crippen LogP contribution in [0.15, 0.2) is 18.2 Å². The highest BCUT2D eigenvalue weighted by atomic mass is 19.4. The van der Waals surface area contributed by atoms with Crippen molar-refractivity contribution in [3.05, 3.63) is 23.8 Å². The smallest absolute Gasteiger partial charge is 0.416 e. The van der Waals surface area contributed by atoms with Gasteiger partial charge in [0.05, 0.1) is 11.3 Å². The van der Waals surface area contributed by atoms with E-state index in [1.807, 2.05) is 0 Å². The second kappa shape index (κ2) is 5.83. The number of hydrogen-bond donors (Lipinski definition) is 1. The summed E-state index contributed by atoms with van der Waals surface area (Å²) in [6.45, 7) is 2.95. The van der Waals surface area contributed by atoms with Crippen LogP contribution >= 0.6 is 0 Å². The van der Waals surface area contributed by atoms with E-state index in [9.17, 15) is 18.0 Å². The lowest BCUT2D eigenvalue weighted by molar-refractivity contribution is -0.138. The predicted molar refractivity (Wildman–Crippen MR) is 71.8 cm³/mol. The molecule has 1 aromatic carbocycles. The first kappa shape index (κ1) is 15.5. The average molecular weight is 302 g/mol. The first-order valence-corrected chi connectivity index (χ1v) is 6.71. The average Bonchev–Trinajstić information content (AvgIpc) is 2.92. The third-order valence-electron chi connectivity index (χ3n) is 3.41. The summed E-state index contributed by atoms with van der Waals surface area (Å²) in [5.74, 6) is -0.0881. The number of carbonyl (C=O) groups is 1. The zero-order chi connectivity index (χ0) is 15.6. The van der Waals surface area contributed by atoms with Crippen molar-refractivity contribution in [3.63, 3.8) is 0 Å². The third kappa shape index (κ3) is 3.59. The molecule has 1 fully saturated rings. The minimum Gasteiger partial charge on any atom is -0.479 e. The van der Waals surface area contributed by atoms with E-state index >= 15 is 0 Å². The lowest BCUT2D eigenvalue weighted by Gasteiger charge is -2.22. The Labute approximate surface area is 120 Å². The van der Waals surface area contributed by atoms with E-state index in [1.165, 1.54) is 0 Å².